The number of aromatic nitrogens is 1. The maximum absolute atomic E-state index is 12.6. The number of hydrazine groups is 1. The number of benzene rings is 1. The molecule has 0 atom stereocenters. The summed E-state index contributed by atoms with van der Waals surface area (Å²) in [6.07, 6.45) is 1.34. The number of sulfonamides is 1. The monoisotopic (exact) mass is 394 g/mol. The fraction of sp³-hybridized carbons (Fsp3) is 0.294. The van der Waals surface area contributed by atoms with Crippen LogP contribution in [0.15, 0.2) is 41.4 Å². The summed E-state index contributed by atoms with van der Waals surface area (Å²) in [7, 11) is -2.18. The van der Waals surface area contributed by atoms with Gasteiger partial charge in [0, 0.05) is 26.3 Å². The summed E-state index contributed by atoms with van der Waals surface area (Å²) in [4.78, 5) is 24.3. The molecule has 0 aliphatic rings. The lowest BCUT2D eigenvalue weighted by atomic mass is 10.2. The topological polar surface area (TPSA) is 121 Å². The highest BCUT2D eigenvalue weighted by molar-refractivity contribution is 7.89. The molecule has 0 aliphatic heterocycles. The highest BCUT2D eigenvalue weighted by atomic mass is 32.2. The molecule has 27 heavy (non-hydrogen) atoms. The summed E-state index contributed by atoms with van der Waals surface area (Å²) < 4.78 is 27.7. The van der Waals surface area contributed by atoms with E-state index in [1.54, 1.807) is 26.0 Å². The van der Waals surface area contributed by atoms with E-state index in [0.29, 0.717) is 13.1 Å². The molecule has 10 heteroatoms. The Morgan fingerprint density at radius 1 is 1.11 bits per heavy atom. The lowest BCUT2D eigenvalue weighted by Crippen LogP contribution is -2.42. The van der Waals surface area contributed by atoms with Gasteiger partial charge in [0.1, 0.15) is 16.3 Å². The number of nitrogens with zero attached hydrogens (tertiary/aromatic N) is 2. The number of carbonyl (C=O) groups is 2. The van der Waals surface area contributed by atoms with Crippen LogP contribution in [0, 0.1) is 0 Å². The van der Waals surface area contributed by atoms with Gasteiger partial charge in [0.05, 0.1) is 5.56 Å². The Labute approximate surface area is 157 Å². The Kier molecular flexibility index (Phi) is 6.24. The van der Waals surface area contributed by atoms with Crippen LogP contribution in [0.1, 0.15) is 34.7 Å². The van der Waals surface area contributed by atoms with Crippen LogP contribution < -0.4 is 10.9 Å². The van der Waals surface area contributed by atoms with Crippen molar-refractivity contribution < 1.29 is 23.1 Å². The normalized spacial score (nSPS) is 11.4. The molecule has 1 aromatic carbocycles. The number of phenolic OH excluding ortho intramolecular Hbond substituents is 1. The number of hydrogen-bond donors (Lipinski definition) is 3. The first-order chi connectivity index (χ1) is 12.7. The van der Waals surface area contributed by atoms with E-state index in [1.165, 1.54) is 40.3 Å². The minimum Gasteiger partial charge on any atom is -0.507 e. The Morgan fingerprint density at radius 2 is 1.70 bits per heavy atom. The lowest BCUT2D eigenvalue weighted by Gasteiger charge is -2.17. The van der Waals surface area contributed by atoms with Crippen molar-refractivity contribution in [3.63, 3.8) is 0 Å². The van der Waals surface area contributed by atoms with Crippen LogP contribution in [0.3, 0.4) is 0 Å². The molecule has 2 rings (SSSR count). The molecule has 1 aromatic heterocycles. The van der Waals surface area contributed by atoms with Crippen molar-refractivity contribution in [3.05, 3.63) is 47.8 Å². The average molecular weight is 394 g/mol. The summed E-state index contributed by atoms with van der Waals surface area (Å²) in [5.74, 6) is -1.62. The number of para-hydroxylation sites is 1. The number of aryl methyl sites for hydroxylation is 1. The molecular formula is C17H22N4O5S. The standard InChI is InChI=1S/C17H22N4O5S/c1-4-21(5-2)27(25,26)12-10-14(20(3)11-12)17(24)19-18-16(23)13-8-6-7-9-15(13)22/h6-11,22H,4-5H2,1-3H3,(H,18,23)(H,19,24). The van der Waals surface area contributed by atoms with Crippen LogP contribution in [0.25, 0.3) is 0 Å². The number of amides is 2. The molecule has 3 N–H and O–H groups in total. The third-order valence-corrected chi connectivity index (χ3v) is 6.01. The average Bonchev–Trinajstić information content (AvgIpc) is 3.03. The molecule has 0 bridgehead atoms. The zero-order chi connectivity index (χ0) is 20.2. The van der Waals surface area contributed by atoms with Crippen LogP contribution in [-0.2, 0) is 17.1 Å². The maximum atomic E-state index is 12.6. The molecule has 1 heterocycles. The van der Waals surface area contributed by atoms with Gasteiger partial charge in [0.25, 0.3) is 11.8 Å². The van der Waals surface area contributed by atoms with Crippen LogP contribution in [0.5, 0.6) is 5.75 Å². The summed E-state index contributed by atoms with van der Waals surface area (Å²) >= 11 is 0. The Bertz CT molecular complexity index is 948. The molecule has 0 saturated heterocycles. The zero-order valence-corrected chi connectivity index (χ0v) is 16.1. The number of rotatable bonds is 6. The summed E-state index contributed by atoms with van der Waals surface area (Å²) in [5, 5.41) is 9.65. The predicted molar refractivity (Wildman–Crippen MR) is 98.6 cm³/mol. The van der Waals surface area contributed by atoms with Crippen molar-refractivity contribution in [1.29, 1.82) is 0 Å². The first-order valence-electron chi connectivity index (χ1n) is 8.27. The maximum Gasteiger partial charge on any atom is 0.286 e. The summed E-state index contributed by atoms with van der Waals surface area (Å²) in [6.45, 7) is 4.08. The van der Waals surface area contributed by atoms with Crippen LogP contribution >= 0.6 is 0 Å². The van der Waals surface area contributed by atoms with E-state index in [-0.39, 0.29) is 21.9 Å². The van der Waals surface area contributed by atoms with Gasteiger partial charge in [-0.05, 0) is 18.2 Å². The second kappa shape index (κ2) is 8.23. The third kappa shape index (κ3) is 4.29. The second-order valence-corrected chi connectivity index (χ2v) is 7.62. The molecule has 0 spiro atoms. The lowest BCUT2D eigenvalue weighted by molar-refractivity contribution is 0.0840. The van der Waals surface area contributed by atoms with Gasteiger partial charge >= 0.3 is 0 Å². The molecule has 9 nitrogen and oxygen atoms in total. The van der Waals surface area contributed by atoms with E-state index < -0.39 is 21.8 Å². The van der Waals surface area contributed by atoms with Crippen molar-refractivity contribution in [2.24, 2.45) is 7.05 Å². The summed E-state index contributed by atoms with van der Waals surface area (Å²) in [5.41, 5.74) is 4.44. The molecule has 146 valence electrons. The third-order valence-electron chi connectivity index (χ3n) is 3.99. The number of phenols is 1. The summed E-state index contributed by atoms with van der Waals surface area (Å²) in [6, 6.07) is 7.12. The first kappa shape index (κ1) is 20.5. The van der Waals surface area contributed by atoms with E-state index in [4.69, 9.17) is 0 Å². The van der Waals surface area contributed by atoms with Gasteiger partial charge in [-0.3, -0.25) is 20.4 Å². The molecule has 0 unspecified atom stereocenters. The fourth-order valence-electron chi connectivity index (χ4n) is 2.52. The Balaban J connectivity index is 2.15. The van der Waals surface area contributed by atoms with E-state index in [0.717, 1.165) is 0 Å². The SMILES string of the molecule is CCN(CC)S(=O)(=O)c1cc(C(=O)NNC(=O)c2ccccc2O)n(C)c1. The van der Waals surface area contributed by atoms with E-state index in [2.05, 4.69) is 10.9 Å². The zero-order valence-electron chi connectivity index (χ0n) is 15.3. The van der Waals surface area contributed by atoms with E-state index in [1.807, 2.05) is 0 Å². The largest absolute Gasteiger partial charge is 0.507 e. The molecule has 2 aromatic rings. The molecule has 0 aliphatic carbocycles. The number of carbonyl (C=O) groups excluding carboxylic acids is 2. The fourth-order valence-corrected chi connectivity index (χ4v) is 4.05. The molecule has 0 fully saturated rings. The van der Waals surface area contributed by atoms with Gasteiger partial charge in [0.2, 0.25) is 10.0 Å². The molecular weight excluding hydrogens is 372 g/mol. The predicted octanol–water partition coefficient (Wildman–Crippen LogP) is 0.836. The van der Waals surface area contributed by atoms with Crippen molar-refractivity contribution in [1.82, 2.24) is 19.7 Å². The second-order valence-electron chi connectivity index (χ2n) is 5.69. The van der Waals surface area contributed by atoms with Crippen molar-refractivity contribution in [3.8, 4) is 5.75 Å². The molecule has 0 saturated carbocycles. The van der Waals surface area contributed by atoms with Crippen molar-refractivity contribution in [2.75, 3.05) is 13.1 Å². The molecule has 2 amide bonds. The smallest absolute Gasteiger partial charge is 0.286 e. The highest BCUT2D eigenvalue weighted by Gasteiger charge is 2.25. The van der Waals surface area contributed by atoms with Gasteiger partial charge in [0.15, 0.2) is 0 Å². The van der Waals surface area contributed by atoms with Gasteiger partial charge < -0.3 is 9.67 Å². The number of hydrogen-bond acceptors (Lipinski definition) is 5. The van der Waals surface area contributed by atoms with Gasteiger partial charge in [-0.2, -0.15) is 4.31 Å². The number of nitrogens with one attached hydrogen (secondary N) is 2. The Morgan fingerprint density at radius 3 is 2.30 bits per heavy atom. The number of aromatic hydroxyl groups is 1. The van der Waals surface area contributed by atoms with Gasteiger partial charge in [-0.25, -0.2) is 8.42 Å². The Hall–Kier alpha value is -2.85. The highest BCUT2D eigenvalue weighted by Crippen LogP contribution is 2.18. The van der Waals surface area contributed by atoms with Crippen LogP contribution in [0.2, 0.25) is 0 Å². The minimum absolute atomic E-state index is 0.00511. The van der Waals surface area contributed by atoms with Gasteiger partial charge in [-0.1, -0.05) is 26.0 Å². The van der Waals surface area contributed by atoms with Gasteiger partial charge in [-0.15, -0.1) is 0 Å². The quantitative estimate of drug-likeness (QED) is 0.627. The van der Waals surface area contributed by atoms with Crippen molar-refractivity contribution in [2.45, 2.75) is 18.7 Å². The van der Waals surface area contributed by atoms with E-state index in [9.17, 15) is 23.1 Å². The molecule has 0 radical (unpaired) electrons. The van der Waals surface area contributed by atoms with Crippen molar-refractivity contribution >= 4 is 21.8 Å². The van der Waals surface area contributed by atoms with E-state index >= 15 is 0 Å². The minimum atomic E-state index is -3.70. The van der Waals surface area contributed by atoms with Crippen LogP contribution in [0.4, 0.5) is 0 Å². The van der Waals surface area contributed by atoms with Crippen LogP contribution in [-0.4, -0.2) is 47.3 Å². The first-order valence-corrected chi connectivity index (χ1v) is 9.71.